The van der Waals surface area contributed by atoms with Crippen molar-refractivity contribution >= 4 is 0 Å². The highest BCUT2D eigenvalue weighted by Crippen LogP contribution is 2.31. The Bertz CT molecular complexity index is 749. The standard InChI is InChI=1S/C26H37NO3/c1-3-4-5-9-16-30-25-13-12-22(18-26(25)29-2)17-23-20-27(15-14-24(23)28)19-21-10-7-6-8-11-21/h6-8,10-13,18,23-24,28H,3-5,9,14-17,19-20H2,1-2H3. The van der Waals surface area contributed by atoms with Gasteiger partial charge in [0.05, 0.1) is 19.8 Å². The van der Waals surface area contributed by atoms with E-state index in [9.17, 15) is 5.11 Å². The molecule has 1 N–H and O–H groups in total. The number of likely N-dealkylation sites (tertiary alicyclic amines) is 1. The summed E-state index contributed by atoms with van der Waals surface area (Å²) in [6.07, 6.45) is 6.18. The molecule has 1 saturated heterocycles. The quantitative estimate of drug-likeness (QED) is 0.524. The van der Waals surface area contributed by atoms with Gasteiger partial charge in [0.1, 0.15) is 0 Å². The summed E-state index contributed by atoms with van der Waals surface area (Å²) >= 11 is 0. The van der Waals surface area contributed by atoms with Crippen LogP contribution in [0.25, 0.3) is 0 Å². The summed E-state index contributed by atoms with van der Waals surface area (Å²) in [6, 6.07) is 16.8. The van der Waals surface area contributed by atoms with Crippen molar-refractivity contribution in [3.05, 3.63) is 59.7 Å². The van der Waals surface area contributed by atoms with Crippen LogP contribution in [-0.2, 0) is 13.0 Å². The molecule has 1 heterocycles. The predicted molar refractivity (Wildman–Crippen MR) is 122 cm³/mol. The molecule has 0 aromatic heterocycles. The molecular weight excluding hydrogens is 374 g/mol. The van der Waals surface area contributed by atoms with Gasteiger partial charge in [-0.1, -0.05) is 62.6 Å². The van der Waals surface area contributed by atoms with E-state index in [1.807, 2.05) is 6.07 Å². The van der Waals surface area contributed by atoms with Crippen molar-refractivity contribution < 1.29 is 14.6 Å². The third-order valence-corrected chi connectivity index (χ3v) is 6.01. The molecule has 2 aromatic carbocycles. The number of aliphatic hydroxyl groups is 1. The predicted octanol–water partition coefficient (Wildman–Crippen LogP) is 5.08. The van der Waals surface area contributed by atoms with Crippen LogP contribution >= 0.6 is 0 Å². The minimum atomic E-state index is -0.252. The van der Waals surface area contributed by atoms with Gasteiger partial charge in [-0.15, -0.1) is 0 Å². The molecule has 0 amide bonds. The maximum atomic E-state index is 10.6. The molecule has 0 radical (unpaired) electrons. The molecule has 2 aromatic rings. The van der Waals surface area contributed by atoms with E-state index < -0.39 is 0 Å². The molecule has 0 aliphatic carbocycles. The zero-order chi connectivity index (χ0) is 21.2. The van der Waals surface area contributed by atoms with Gasteiger partial charge in [0.25, 0.3) is 0 Å². The van der Waals surface area contributed by atoms with Crippen molar-refractivity contribution in [1.82, 2.24) is 4.90 Å². The fourth-order valence-corrected chi connectivity index (χ4v) is 4.25. The molecule has 3 rings (SSSR count). The van der Waals surface area contributed by atoms with Crippen molar-refractivity contribution in [2.24, 2.45) is 5.92 Å². The number of hydrogen-bond donors (Lipinski definition) is 1. The summed E-state index contributed by atoms with van der Waals surface area (Å²) in [5, 5.41) is 10.6. The summed E-state index contributed by atoms with van der Waals surface area (Å²) < 4.78 is 11.5. The lowest BCUT2D eigenvalue weighted by Crippen LogP contribution is -2.43. The van der Waals surface area contributed by atoms with Crippen LogP contribution in [0.1, 0.15) is 50.2 Å². The Hall–Kier alpha value is -2.04. The SMILES string of the molecule is CCCCCCOc1ccc(CC2CN(Cc3ccccc3)CCC2O)cc1OC. The third kappa shape index (κ3) is 6.75. The van der Waals surface area contributed by atoms with Crippen LogP contribution < -0.4 is 9.47 Å². The first-order valence-electron chi connectivity index (χ1n) is 11.4. The summed E-state index contributed by atoms with van der Waals surface area (Å²) in [7, 11) is 1.69. The zero-order valence-electron chi connectivity index (χ0n) is 18.6. The van der Waals surface area contributed by atoms with E-state index in [-0.39, 0.29) is 12.0 Å². The van der Waals surface area contributed by atoms with E-state index in [2.05, 4.69) is 54.3 Å². The zero-order valence-corrected chi connectivity index (χ0v) is 18.6. The average molecular weight is 412 g/mol. The van der Waals surface area contributed by atoms with E-state index in [1.165, 1.54) is 30.4 Å². The number of benzene rings is 2. The van der Waals surface area contributed by atoms with Gasteiger partial charge < -0.3 is 14.6 Å². The molecule has 4 heteroatoms. The van der Waals surface area contributed by atoms with Crippen LogP contribution in [0, 0.1) is 5.92 Å². The molecule has 0 bridgehead atoms. The molecule has 1 aliphatic heterocycles. The second-order valence-corrected chi connectivity index (χ2v) is 8.44. The Balaban J connectivity index is 1.57. The second kappa shape index (κ2) is 12.0. The van der Waals surface area contributed by atoms with Crippen molar-refractivity contribution in [3.8, 4) is 11.5 Å². The normalized spacial score (nSPS) is 19.6. The molecule has 30 heavy (non-hydrogen) atoms. The second-order valence-electron chi connectivity index (χ2n) is 8.44. The number of nitrogens with zero attached hydrogens (tertiary/aromatic N) is 1. The number of unbranched alkanes of at least 4 members (excludes halogenated alkanes) is 3. The monoisotopic (exact) mass is 411 g/mol. The number of piperidine rings is 1. The maximum absolute atomic E-state index is 10.6. The average Bonchev–Trinajstić information content (AvgIpc) is 2.77. The largest absolute Gasteiger partial charge is 0.493 e. The van der Waals surface area contributed by atoms with E-state index in [4.69, 9.17) is 9.47 Å². The molecule has 164 valence electrons. The number of aliphatic hydroxyl groups excluding tert-OH is 1. The van der Waals surface area contributed by atoms with E-state index in [0.29, 0.717) is 0 Å². The van der Waals surface area contributed by atoms with Gasteiger partial charge >= 0.3 is 0 Å². The first-order chi connectivity index (χ1) is 14.7. The first-order valence-corrected chi connectivity index (χ1v) is 11.4. The highest BCUT2D eigenvalue weighted by atomic mass is 16.5. The molecule has 2 atom stereocenters. The van der Waals surface area contributed by atoms with Crippen LogP contribution in [0.4, 0.5) is 0 Å². The van der Waals surface area contributed by atoms with Gasteiger partial charge in [0, 0.05) is 25.6 Å². The maximum Gasteiger partial charge on any atom is 0.161 e. The molecule has 4 nitrogen and oxygen atoms in total. The van der Waals surface area contributed by atoms with Crippen molar-refractivity contribution in [3.63, 3.8) is 0 Å². The molecule has 0 spiro atoms. The van der Waals surface area contributed by atoms with Crippen LogP contribution in [-0.4, -0.2) is 42.9 Å². The molecule has 1 fully saturated rings. The Morgan fingerprint density at radius 1 is 1.00 bits per heavy atom. The molecule has 0 saturated carbocycles. The van der Waals surface area contributed by atoms with E-state index in [1.54, 1.807) is 7.11 Å². The smallest absolute Gasteiger partial charge is 0.161 e. The minimum absolute atomic E-state index is 0.230. The fraction of sp³-hybridized carbons (Fsp3) is 0.538. The topological polar surface area (TPSA) is 41.9 Å². The third-order valence-electron chi connectivity index (χ3n) is 6.01. The van der Waals surface area contributed by atoms with Crippen molar-refractivity contribution in [1.29, 1.82) is 0 Å². The van der Waals surface area contributed by atoms with E-state index in [0.717, 1.165) is 57.0 Å². The molecular formula is C26H37NO3. The van der Waals surface area contributed by atoms with Crippen molar-refractivity contribution in [2.45, 2.75) is 58.1 Å². The van der Waals surface area contributed by atoms with E-state index >= 15 is 0 Å². The number of ether oxygens (including phenoxy) is 2. The molecule has 2 unspecified atom stereocenters. The van der Waals surface area contributed by atoms with Gasteiger partial charge in [-0.2, -0.15) is 0 Å². The molecule has 1 aliphatic rings. The minimum Gasteiger partial charge on any atom is -0.493 e. The summed E-state index contributed by atoms with van der Waals surface area (Å²) in [6.45, 7) is 5.74. The van der Waals surface area contributed by atoms with Gasteiger partial charge in [-0.3, -0.25) is 4.90 Å². The van der Waals surface area contributed by atoms with Gasteiger partial charge in [-0.05, 0) is 42.5 Å². The first kappa shape index (κ1) is 22.6. The summed E-state index contributed by atoms with van der Waals surface area (Å²) in [5.41, 5.74) is 2.52. The Morgan fingerprint density at radius 2 is 1.83 bits per heavy atom. The lowest BCUT2D eigenvalue weighted by atomic mass is 9.88. The van der Waals surface area contributed by atoms with Gasteiger partial charge in [0.15, 0.2) is 11.5 Å². The Morgan fingerprint density at radius 3 is 2.60 bits per heavy atom. The van der Waals surface area contributed by atoms with Gasteiger partial charge in [-0.25, -0.2) is 0 Å². The Labute approximate surface area is 181 Å². The fourth-order valence-electron chi connectivity index (χ4n) is 4.25. The number of methoxy groups -OCH3 is 1. The van der Waals surface area contributed by atoms with Crippen LogP contribution in [0.2, 0.25) is 0 Å². The summed E-state index contributed by atoms with van der Waals surface area (Å²) in [4.78, 5) is 2.46. The lowest BCUT2D eigenvalue weighted by molar-refractivity contribution is 0.0239. The highest BCUT2D eigenvalue weighted by molar-refractivity contribution is 5.43. The Kier molecular flexibility index (Phi) is 9.03. The van der Waals surface area contributed by atoms with Gasteiger partial charge in [0.2, 0.25) is 0 Å². The van der Waals surface area contributed by atoms with Crippen LogP contribution in [0.15, 0.2) is 48.5 Å². The lowest BCUT2D eigenvalue weighted by Gasteiger charge is -2.36. The highest BCUT2D eigenvalue weighted by Gasteiger charge is 2.28. The van der Waals surface area contributed by atoms with Crippen LogP contribution in [0.5, 0.6) is 11.5 Å². The summed E-state index contributed by atoms with van der Waals surface area (Å²) in [5.74, 6) is 1.83. The number of rotatable bonds is 11. The number of hydrogen-bond acceptors (Lipinski definition) is 4. The van der Waals surface area contributed by atoms with Crippen LogP contribution in [0.3, 0.4) is 0 Å². The van der Waals surface area contributed by atoms with Crippen molar-refractivity contribution in [2.75, 3.05) is 26.8 Å².